The third-order valence-electron chi connectivity index (χ3n) is 3.67. The first-order valence-corrected chi connectivity index (χ1v) is 7.29. The van der Waals surface area contributed by atoms with Crippen LogP contribution in [0.4, 0.5) is 5.69 Å². The van der Waals surface area contributed by atoms with Crippen LogP contribution < -0.4 is 5.73 Å². The maximum atomic E-state index is 10.1. The van der Waals surface area contributed by atoms with Crippen LogP contribution in [0.1, 0.15) is 31.2 Å². The number of anilines is 1. The first-order valence-electron chi connectivity index (χ1n) is 6.49. The molecule has 100 valence electrons. The van der Waals surface area contributed by atoms with Crippen LogP contribution in [0.3, 0.4) is 0 Å². The number of likely N-dealkylation sites (N-methyl/N-ethyl adjacent to an activating group) is 1. The predicted octanol–water partition coefficient (Wildman–Crippen LogP) is 2.77. The number of nitrogens with two attached hydrogens (primary N) is 1. The Bertz CT molecular complexity index is 391. The zero-order valence-electron chi connectivity index (χ0n) is 10.8. The highest BCUT2D eigenvalue weighted by Gasteiger charge is 2.26. The van der Waals surface area contributed by atoms with Crippen molar-refractivity contribution in [2.24, 2.45) is 0 Å². The van der Waals surface area contributed by atoms with Crippen molar-refractivity contribution in [3.8, 4) is 0 Å². The summed E-state index contributed by atoms with van der Waals surface area (Å²) in [7, 11) is 2.08. The van der Waals surface area contributed by atoms with Crippen molar-refractivity contribution in [1.82, 2.24) is 4.90 Å². The molecule has 0 bridgehead atoms. The number of rotatable bonds is 3. The Morgan fingerprint density at radius 3 is 2.72 bits per heavy atom. The molecular formula is C14H21BrN2O. The Morgan fingerprint density at radius 1 is 1.33 bits per heavy atom. The van der Waals surface area contributed by atoms with Crippen molar-refractivity contribution in [3.05, 3.63) is 28.2 Å². The lowest BCUT2D eigenvalue weighted by Crippen LogP contribution is -2.42. The molecule has 2 rings (SSSR count). The second-order valence-electron chi connectivity index (χ2n) is 5.23. The molecule has 1 aromatic rings. The van der Waals surface area contributed by atoms with E-state index in [1.807, 2.05) is 12.1 Å². The molecule has 0 amide bonds. The van der Waals surface area contributed by atoms with E-state index in [2.05, 4.69) is 33.9 Å². The van der Waals surface area contributed by atoms with E-state index < -0.39 is 0 Å². The van der Waals surface area contributed by atoms with Crippen molar-refractivity contribution in [1.29, 1.82) is 0 Å². The van der Waals surface area contributed by atoms with Crippen molar-refractivity contribution >= 4 is 21.6 Å². The maximum absolute atomic E-state index is 10.1. The summed E-state index contributed by atoms with van der Waals surface area (Å²) in [5.41, 5.74) is 7.80. The second-order valence-corrected chi connectivity index (χ2v) is 6.14. The summed E-state index contributed by atoms with van der Waals surface area (Å²) < 4.78 is 1.01. The fraction of sp³-hybridized carbons (Fsp3) is 0.571. The number of aliphatic hydroxyl groups excluding tert-OH is 1. The van der Waals surface area contributed by atoms with Crippen molar-refractivity contribution in [2.75, 3.05) is 12.8 Å². The molecule has 2 atom stereocenters. The Labute approximate surface area is 117 Å². The molecule has 1 saturated carbocycles. The number of hydrogen-bond acceptors (Lipinski definition) is 3. The minimum Gasteiger partial charge on any atom is -0.399 e. The van der Waals surface area contributed by atoms with Gasteiger partial charge in [-0.1, -0.05) is 28.8 Å². The normalized spacial score (nSPS) is 24.4. The van der Waals surface area contributed by atoms with Gasteiger partial charge in [0.15, 0.2) is 0 Å². The van der Waals surface area contributed by atoms with E-state index in [4.69, 9.17) is 5.73 Å². The summed E-state index contributed by atoms with van der Waals surface area (Å²) in [5.74, 6) is 0. The number of nitrogen functional groups attached to an aromatic ring is 1. The predicted molar refractivity (Wildman–Crippen MR) is 78.3 cm³/mol. The first-order chi connectivity index (χ1) is 8.56. The molecule has 3 nitrogen and oxygen atoms in total. The molecule has 0 radical (unpaired) electrons. The Kier molecular flexibility index (Phi) is 4.65. The van der Waals surface area contributed by atoms with Crippen molar-refractivity contribution in [3.63, 3.8) is 0 Å². The molecule has 0 aliphatic heterocycles. The highest BCUT2D eigenvalue weighted by Crippen LogP contribution is 2.25. The number of benzene rings is 1. The summed E-state index contributed by atoms with van der Waals surface area (Å²) in [5, 5.41) is 10.1. The van der Waals surface area contributed by atoms with Crippen LogP contribution >= 0.6 is 15.9 Å². The van der Waals surface area contributed by atoms with Gasteiger partial charge >= 0.3 is 0 Å². The van der Waals surface area contributed by atoms with Crippen LogP contribution in [0.2, 0.25) is 0 Å². The second kappa shape index (κ2) is 6.04. The van der Waals surface area contributed by atoms with Gasteiger partial charge in [0.05, 0.1) is 6.10 Å². The Balaban J connectivity index is 2.03. The van der Waals surface area contributed by atoms with Gasteiger partial charge < -0.3 is 10.8 Å². The van der Waals surface area contributed by atoms with Crippen LogP contribution in [0.15, 0.2) is 22.7 Å². The first kappa shape index (κ1) is 13.8. The molecule has 1 aliphatic rings. The monoisotopic (exact) mass is 312 g/mol. The molecule has 1 aliphatic carbocycles. The Morgan fingerprint density at radius 2 is 2.06 bits per heavy atom. The van der Waals surface area contributed by atoms with Gasteiger partial charge in [-0.25, -0.2) is 0 Å². The lowest BCUT2D eigenvalue weighted by atomic mass is 9.91. The average molecular weight is 313 g/mol. The van der Waals surface area contributed by atoms with Crippen molar-refractivity contribution in [2.45, 2.75) is 44.4 Å². The number of aliphatic hydroxyl groups is 1. The van der Waals surface area contributed by atoms with Gasteiger partial charge in [0, 0.05) is 22.7 Å². The fourth-order valence-corrected chi connectivity index (χ4v) is 3.34. The van der Waals surface area contributed by atoms with E-state index in [1.165, 1.54) is 12.0 Å². The highest BCUT2D eigenvalue weighted by molar-refractivity contribution is 9.10. The van der Waals surface area contributed by atoms with Crippen LogP contribution in [0, 0.1) is 0 Å². The third-order valence-corrected chi connectivity index (χ3v) is 4.13. The van der Waals surface area contributed by atoms with E-state index in [1.54, 1.807) is 0 Å². The minimum absolute atomic E-state index is 0.187. The smallest absolute Gasteiger partial charge is 0.0695 e. The fourth-order valence-electron chi connectivity index (χ4n) is 2.78. The number of hydrogen-bond donors (Lipinski definition) is 2. The summed E-state index contributed by atoms with van der Waals surface area (Å²) in [6.07, 6.45) is 4.19. The minimum atomic E-state index is -0.187. The topological polar surface area (TPSA) is 49.5 Å². The van der Waals surface area contributed by atoms with Gasteiger partial charge in [-0.15, -0.1) is 0 Å². The highest BCUT2D eigenvalue weighted by atomic mass is 79.9. The zero-order valence-corrected chi connectivity index (χ0v) is 12.4. The van der Waals surface area contributed by atoms with E-state index in [9.17, 15) is 5.11 Å². The molecular weight excluding hydrogens is 292 g/mol. The van der Waals surface area contributed by atoms with Crippen LogP contribution in [-0.2, 0) is 6.54 Å². The average Bonchev–Trinajstić information content (AvgIpc) is 2.27. The number of halogens is 1. The summed E-state index contributed by atoms with van der Waals surface area (Å²) >= 11 is 3.46. The Hall–Kier alpha value is -0.580. The lowest BCUT2D eigenvalue weighted by Gasteiger charge is -2.35. The maximum Gasteiger partial charge on any atom is 0.0695 e. The third kappa shape index (κ3) is 3.46. The largest absolute Gasteiger partial charge is 0.399 e. The SMILES string of the molecule is CN(Cc1cc(N)cc(Br)c1)C1CCCCC1O. The van der Waals surface area contributed by atoms with E-state index >= 15 is 0 Å². The van der Waals surface area contributed by atoms with Gasteiger partial charge in [-0.3, -0.25) is 4.90 Å². The van der Waals surface area contributed by atoms with Crippen LogP contribution in [-0.4, -0.2) is 29.2 Å². The molecule has 0 heterocycles. The van der Waals surface area contributed by atoms with E-state index in [-0.39, 0.29) is 12.1 Å². The molecule has 0 aromatic heterocycles. The van der Waals surface area contributed by atoms with Gasteiger partial charge in [-0.05, 0) is 43.7 Å². The molecule has 1 aromatic carbocycles. The van der Waals surface area contributed by atoms with Crippen LogP contribution in [0.5, 0.6) is 0 Å². The zero-order chi connectivity index (χ0) is 13.1. The van der Waals surface area contributed by atoms with Crippen LogP contribution in [0.25, 0.3) is 0 Å². The summed E-state index contributed by atoms with van der Waals surface area (Å²) in [4.78, 5) is 2.24. The van der Waals surface area contributed by atoms with E-state index in [0.717, 1.165) is 36.0 Å². The quantitative estimate of drug-likeness (QED) is 0.844. The lowest BCUT2D eigenvalue weighted by molar-refractivity contribution is 0.0288. The van der Waals surface area contributed by atoms with Gasteiger partial charge in [0.25, 0.3) is 0 Å². The van der Waals surface area contributed by atoms with Crippen molar-refractivity contribution < 1.29 is 5.11 Å². The number of nitrogens with zero attached hydrogens (tertiary/aromatic N) is 1. The molecule has 3 N–H and O–H groups in total. The summed E-state index contributed by atoms with van der Waals surface area (Å²) in [6, 6.07) is 6.26. The molecule has 0 saturated heterocycles. The molecule has 2 unspecified atom stereocenters. The van der Waals surface area contributed by atoms with Gasteiger partial charge in [-0.2, -0.15) is 0 Å². The van der Waals surface area contributed by atoms with Gasteiger partial charge in [0.2, 0.25) is 0 Å². The molecule has 1 fully saturated rings. The van der Waals surface area contributed by atoms with Gasteiger partial charge in [0.1, 0.15) is 0 Å². The molecule has 4 heteroatoms. The molecule has 0 spiro atoms. The molecule has 18 heavy (non-hydrogen) atoms. The van der Waals surface area contributed by atoms with E-state index in [0.29, 0.717) is 0 Å². The summed E-state index contributed by atoms with van der Waals surface area (Å²) in [6.45, 7) is 0.825. The standard InChI is InChI=1S/C14H21BrN2O/c1-17(13-4-2-3-5-14(13)18)9-10-6-11(15)8-12(16)7-10/h6-8,13-14,18H,2-5,9,16H2,1H3.